The van der Waals surface area contributed by atoms with E-state index in [1.807, 2.05) is 24.3 Å². The van der Waals surface area contributed by atoms with Crippen molar-refractivity contribution in [2.75, 3.05) is 13.7 Å². The zero-order valence-corrected chi connectivity index (χ0v) is 15.3. The van der Waals surface area contributed by atoms with Crippen molar-refractivity contribution in [1.82, 2.24) is 5.32 Å². The van der Waals surface area contributed by atoms with Gasteiger partial charge >= 0.3 is 0 Å². The van der Waals surface area contributed by atoms with E-state index in [4.69, 9.17) is 14.7 Å². The fraction of sp³-hybridized carbons (Fsp3) is 0.273. The molecule has 2 aromatic rings. The van der Waals surface area contributed by atoms with Crippen molar-refractivity contribution in [2.45, 2.75) is 25.3 Å². The Morgan fingerprint density at radius 3 is 2.96 bits per heavy atom. The van der Waals surface area contributed by atoms with Crippen LogP contribution in [0.25, 0.3) is 6.08 Å². The standard InChI is InChI=1S/C22H22N2O3/c1-26-21-15-16(9-11-20(21)27-14-13-23)10-12-22(25)24-19-8-4-6-17-5-2-3-7-18(17)19/h2-3,5,7,9-12,15,19H,4,6,8,14H2,1H3,(H,24,25)/b12-10+/t19-/m1/s1. The van der Waals surface area contributed by atoms with Gasteiger partial charge in [0, 0.05) is 6.08 Å². The average molecular weight is 362 g/mol. The number of methoxy groups -OCH3 is 1. The summed E-state index contributed by atoms with van der Waals surface area (Å²) in [5, 5.41) is 11.7. The van der Waals surface area contributed by atoms with Gasteiger partial charge in [-0.1, -0.05) is 30.3 Å². The molecule has 0 saturated carbocycles. The molecule has 0 aliphatic heterocycles. The van der Waals surface area contributed by atoms with Crippen LogP contribution in [0.1, 0.15) is 35.6 Å². The summed E-state index contributed by atoms with van der Waals surface area (Å²) >= 11 is 0. The van der Waals surface area contributed by atoms with E-state index < -0.39 is 0 Å². The van der Waals surface area contributed by atoms with Gasteiger partial charge in [0.1, 0.15) is 6.07 Å². The maximum atomic E-state index is 12.4. The first-order chi connectivity index (χ1) is 13.2. The molecule has 0 aromatic heterocycles. The van der Waals surface area contributed by atoms with Crippen LogP contribution in [0.15, 0.2) is 48.5 Å². The molecule has 0 radical (unpaired) electrons. The number of aryl methyl sites for hydroxylation is 1. The van der Waals surface area contributed by atoms with E-state index in [9.17, 15) is 4.79 Å². The Kier molecular flexibility index (Phi) is 6.11. The van der Waals surface area contributed by atoms with Gasteiger partial charge in [0.05, 0.1) is 13.2 Å². The molecule has 27 heavy (non-hydrogen) atoms. The van der Waals surface area contributed by atoms with Crippen molar-refractivity contribution in [3.8, 4) is 17.6 Å². The van der Waals surface area contributed by atoms with Crippen LogP contribution in [-0.2, 0) is 11.2 Å². The zero-order chi connectivity index (χ0) is 19.1. The number of amides is 1. The second-order valence-electron chi connectivity index (χ2n) is 6.34. The molecule has 1 amide bonds. The van der Waals surface area contributed by atoms with Crippen molar-refractivity contribution in [3.05, 3.63) is 65.2 Å². The number of nitrogens with zero attached hydrogens (tertiary/aromatic N) is 1. The van der Waals surface area contributed by atoms with Crippen molar-refractivity contribution >= 4 is 12.0 Å². The number of rotatable bonds is 6. The monoisotopic (exact) mass is 362 g/mol. The maximum absolute atomic E-state index is 12.4. The lowest BCUT2D eigenvalue weighted by atomic mass is 9.88. The first-order valence-electron chi connectivity index (χ1n) is 8.95. The summed E-state index contributed by atoms with van der Waals surface area (Å²) < 4.78 is 10.6. The summed E-state index contributed by atoms with van der Waals surface area (Å²) in [6.45, 7) is -0.0448. The number of carbonyl (C=O) groups excluding carboxylic acids is 1. The number of fused-ring (bicyclic) bond motifs is 1. The lowest BCUT2D eigenvalue weighted by molar-refractivity contribution is -0.117. The quantitative estimate of drug-likeness (QED) is 0.794. The predicted octanol–water partition coefficient (Wildman–Crippen LogP) is 3.80. The minimum atomic E-state index is -0.125. The molecule has 5 heteroatoms. The Labute approximate surface area is 159 Å². The van der Waals surface area contributed by atoms with Crippen molar-refractivity contribution in [2.24, 2.45) is 0 Å². The van der Waals surface area contributed by atoms with Gasteiger partial charge in [-0.3, -0.25) is 4.79 Å². The normalized spacial score (nSPS) is 15.6. The number of carbonyl (C=O) groups is 1. The second kappa shape index (κ2) is 8.91. The third-order valence-electron chi connectivity index (χ3n) is 4.59. The molecule has 1 aliphatic carbocycles. The third-order valence-corrected chi connectivity index (χ3v) is 4.59. The van der Waals surface area contributed by atoms with Crippen molar-refractivity contribution in [3.63, 3.8) is 0 Å². The van der Waals surface area contributed by atoms with E-state index in [2.05, 4.69) is 17.4 Å². The van der Waals surface area contributed by atoms with Gasteiger partial charge in [0.15, 0.2) is 18.1 Å². The summed E-state index contributed by atoms with van der Waals surface area (Å²) in [4.78, 5) is 12.4. The smallest absolute Gasteiger partial charge is 0.244 e. The van der Waals surface area contributed by atoms with Crippen LogP contribution in [0.2, 0.25) is 0 Å². The Bertz CT molecular complexity index is 883. The molecule has 0 bridgehead atoms. The SMILES string of the molecule is COc1cc(/C=C/C(=O)N[C@@H]2CCCc3ccccc32)ccc1OCC#N. The second-order valence-corrected chi connectivity index (χ2v) is 6.34. The molecular weight excluding hydrogens is 340 g/mol. The molecular formula is C22H22N2O3. The van der Waals surface area contributed by atoms with Crippen molar-refractivity contribution < 1.29 is 14.3 Å². The number of benzene rings is 2. The number of hydrogen-bond acceptors (Lipinski definition) is 4. The minimum absolute atomic E-state index is 0.0448. The Balaban J connectivity index is 1.66. The highest BCUT2D eigenvalue weighted by Crippen LogP contribution is 2.30. The summed E-state index contributed by atoms with van der Waals surface area (Å²) in [5.41, 5.74) is 3.34. The molecule has 0 heterocycles. The summed E-state index contributed by atoms with van der Waals surface area (Å²) in [5.74, 6) is 0.897. The van der Waals surface area contributed by atoms with Gasteiger partial charge in [-0.25, -0.2) is 0 Å². The molecule has 0 unspecified atom stereocenters. The highest BCUT2D eigenvalue weighted by atomic mass is 16.5. The molecule has 0 fully saturated rings. The molecule has 0 saturated heterocycles. The van der Waals surface area contributed by atoms with Crippen LogP contribution in [0.4, 0.5) is 0 Å². The fourth-order valence-corrected chi connectivity index (χ4v) is 3.31. The molecule has 5 nitrogen and oxygen atoms in total. The molecule has 1 aliphatic rings. The van der Waals surface area contributed by atoms with Gasteiger partial charge in [-0.15, -0.1) is 0 Å². The van der Waals surface area contributed by atoms with Gasteiger partial charge in [0.25, 0.3) is 0 Å². The molecule has 2 aromatic carbocycles. The molecule has 0 spiro atoms. The van der Waals surface area contributed by atoms with Crippen LogP contribution in [0.5, 0.6) is 11.5 Å². The Morgan fingerprint density at radius 2 is 2.15 bits per heavy atom. The molecule has 138 valence electrons. The average Bonchev–Trinajstić information content (AvgIpc) is 2.71. The lowest BCUT2D eigenvalue weighted by Gasteiger charge is -2.25. The van der Waals surface area contributed by atoms with Crippen LogP contribution >= 0.6 is 0 Å². The maximum Gasteiger partial charge on any atom is 0.244 e. The van der Waals surface area contributed by atoms with E-state index in [0.717, 1.165) is 24.8 Å². The van der Waals surface area contributed by atoms with Crippen LogP contribution < -0.4 is 14.8 Å². The van der Waals surface area contributed by atoms with E-state index in [-0.39, 0.29) is 18.6 Å². The predicted molar refractivity (Wildman–Crippen MR) is 103 cm³/mol. The Morgan fingerprint density at radius 1 is 1.30 bits per heavy atom. The minimum Gasteiger partial charge on any atom is -0.493 e. The van der Waals surface area contributed by atoms with Crippen LogP contribution in [0.3, 0.4) is 0 Å². The first-order valence-corrected chi connectivity index (χ1v) is 8.95. The van der Waals surface area contributed by atoms with Crippen molar-refractivity contribution in [1.29, 1.82) is 5.26 Å². The van der Waals surface area contributed by atoms with E-state index in [1.54, 1.807) is 18.2 Å². The van der Waals surface area contributed by atoms with E-state index in [1.165, 1.54) is 24.3 Å². The molecule has 3 rings (SSSR count). The van der Waals surface area contributed by atoms with Crippen LogP contribution in [-0.4, -0.2) is 19.6 Å². The number of ether oxygens (including phenoxy) is 2. The number of nitriles is 1. The third kappa shape index (κ3) is 4.68. The van der Waals surface area contributed by atoms with Gasteiger partial charge in [-0.2, -0.15) is 5.26 Å². The highest BCUT2D eigenvalue weighted by molar-refractivity contribution is 5.92. The van der Waals surface area contributed by atoms with Gasteiger partial charge in [-0.05, 0) is 54.2 Å². The van der Waals surface area contributed by atoms with Gasteiger partial charge < -0.3 is 14.8 Å². The topological polar surface area (TPSA) is 71.3 Å². The summed E-state index contributed by atoms with van der Waals surface area (Å²) in [7, 11) is 1.54. The first kappa shape index (κ1) is 18.5. The highest BCUT2D eigenvalue weighted by Gasteiger charge is 2.20. The number of hydrogen-bond donors (Lipinski definition) is 1. The van der Waals surface area contributed by atoms with E-state index >= 15 is 0 Å². The van der Waals surface area contributed by atoms with Gasteiger partial charge in [0.2, 0.25) is 5.91 Å². The molecule has 1 atom stereocenters. The lowest BCUT2D eigenvalue weighted by Crippen LogP contribution is -2.29. The zero-order valence-electron chi connectivity index (χ0n) is 15.3. The summed E-state index contributed by atoms with van der Waals surface area (Å²) in [6.07, 6.45) is 6.36. The van der Waals surface area contributed by atoms with E-state index in [0.29, 0.717) is 11.5 Å². The number of nitrogens with one attached hydrogen (secondary N) is 1. The fourth-order valence-electron chi connectivity index (χ4n) is 3.31. The Hall–Kier alpha value is -3.26. The molecule has 1 N–H and O–H groups in total. The van der Waals surface area contributed by atoms with Crippen LogP contribution in [0, 0.1) is 11.3 Å². The summed E-state index contributed by atoms with van der Waals surface area (Å²) in [6, 6.07) is 15.6. The largest absolute Gasteiger partial charge is 0.493 e.